The van der Waals surface area contributed by atoms with Gasteiger partial charge in [-0.1, -0.05) is 0 Å². The summed E-state index contributed by atoms with van der Waals surface area (Å²) in [5, 5.41) is 2.75. The third kappa shape index (κ3) is 7.93. The summed E-state index contributed by atoms with van der Waals surface area (Å²) in [5.41, 5.74) is 0. The first-order valence-corrected chi connectivity index (χ1v) is 5.05. The highest BCUT2D eigenvalue weighted by Gasteiger charge is 2.05. The van der Waals surface area contributed by atoms with E-state index in [4.69, 9.17) is 4.74 Å². The lowest BCUT2D eigenvalue weighted by Gasteiger charge is -2.14. The van der Waals surface area contributed by atoms with Crippen LogP contribution in [0.15, 0.2) is 0 Å². The third-order valence-corrected chi connectivity index (χ3v) is 2.06. The van der Waals surface area contributed by atoms with Gasteiger partial charge in [-0.2, -0.15) is 0 Å². The second-order valence-corrected chi connectivity index (χ2v) is 3.39. The molecule has 0 unspecified atom stereocenters. The maximum absolute atomic E-state index is 11.2. The van der Waals surface area contributed by atoms with Gasteiger partial charge in [0.1, 0.15) is 0 Å². The van der Waals surface area contributed by atoms with Gasteiger partial charge >= 0.3 is 0 Å². The second-order valence-electron chi connectivity index (χ2n) is 3.39. The standard InChI is InChI=1S/C10H20N2O3/c1-9(13)12(2)7-5-10(14)11-6-4-8-15-3/h4-8H2,1-3H3,(H,11,14). The molecule has 1 N–H and O–H groups in total. The minimum absolute atomic E-state index is 0.0258. The lowest BCUT2D eigenvalue weighted by Crippen LogP contribution is -2.31. The number of ether oxygens (including phenoxy) is 1. The van der Waals surface area contributed by atoms with E-state index >= 15 is 0 Å². The van der Waals surface area contributed by atoms with Crippen molar-refractivity contribution in [1.29, 1.82) is 0 Å². The Labute approximate surface area is 90.8 Å². The highest BCUT2D eigenvalue weighted by Crippen LogP contribution is 1.88. The first kappa shape index (κ1) is 13.9. The molecule has 0 heterocycles. The van der Waals surface area contributed by atoms with Crippen molar-refractivity contribution >= 4 is 11.8 Å². The molecule has 0 aromatic heterocycles. The van der Waals surface area contributed by atoms with Crippen molar-refractivity contribution in [2.45, 2.75) is 19.8 Å². The maximum Gasteiger partial charge on any atom is 0.221 e. The molecule has 0 aromatic carbocycles. The van der Waals surface area contributed by atoms with E-state index < -0.39 is 0 Å². The number of nitrogens with one attached hydrogen (secondary N) is 1. The fraction of sp³-hybridized carbons (Fsp3) is 0.800. The van der Waals surface area contributed by atoms with Crippen molar-refractivity contribution in [3.63, 3.8) is 0 Å². The number of methoxy groups -OCH3 is 1. The van der Waals surface area contributed by atoms with Crippen LogP contribution in [0.4, 0.5) is 0 Å². The molecule has 0 saturated heterocycles. The van der Waals surface area contributed by atoms with Crippen LogP contribution in [0.3, 0.4) is 0 Å². The summed E-state index contributed by atoms with van der Waals surface area (Å²) in [6.45, 7) is 3.21. The Hall–Kier alpha value is -1.10. The molecule has 0 aliphatic carbocycles. The Kier molecular flexibility index (Phi) is 7.62. The van der Waals surface area contributed by atoms with Crippen molar-refractivity contribution < 1.29 is 14.3 Å². The lowest BCUT2D eigenvalue weighted by atomic mass is 10.3. The van der Waals surface area contributed by atoms with Crippen LogP contribution >= 0.6 is 0 Å². The predicted octanol–water partition coefficient (Wildman–Crippen LogP) is 0.00750. The molecule has 15 heavy (non-hydrogen) atoms. The predicted molar refractivity (Wildman–Crippen MR) is 57.4 cm³/mol. The van der Waals surface area contributed by atoms with Gasteiger partial charge in [-0.3, -0.25) is 9.59 Å². The van der Waals surface area contributed by atoms with E-state index in [0.717, 1.165) is 6.42 Å². The molecule has 5 nitrogen and oxygen atoms in total. The van der Waals surface area contributed by atoms with Gasteiger partial charge < -0.3 is 15.0 Å². The van der Waals surface area contributed by atoms with Gasteiger partial charge in [-0.25, -0.2) is 0 Å². The fourth-order valence-electron chi connectivity index (χ4n) is 0.959. The van der Waals surface area contributed by atoms with Gasteiger partial charge in [0.05, 0.1) is 0 Å². The Bertz CT molecular complexity index is 207. The molecule has 0 rings (SSSR count). The third-order valence-electron chi connectivity index (χ3n) is 2.06. The normalized spacial score (nSPS) is 9.80. The van der Waals surface area contributed by atoms with Gasteiger partial charge in [-0.05, 0) is 6.42 Å². The van der Waals surface area contributed by atoms with Crippen LogP contribution in [0.2, 0.25) is 0 Å². The quantitative estimate of drug-likeness (QED) is 0.610. The fourth-order valence-corrected chi connectivity index (χ4v) is 0.959. The first-order valence-electron chi connectivity index (χ1n) is 5.05. The molecule has 0 aliphatic heterocycles. The summed E-state index contributed by atoms with van der Waals surface area (Å²) in [6.07, 6.45) is 1.16. The molecular weight excluding hydrogens is 196 g/mol. The second kappa shape index (κ2) is 8.23. The summed E-state index contributed by atoms with van der Waals surface area (Å²) in [5.74, 6) is -0.0543. The largest absolute Gasteiger partial charge is 0.385 e. The van der Waals surface area contributed by atoms with E-state index in [0.29, 0.717) is 26.1 Å². The van der Waals surface area contributed by atoms with Gasteiger partial charge in [0.25, 0.3) is 0 Å². The van der Waals surface area contributed by atoms with Gasteiger partial charge in [0.2, 0.25) is 11.8 Å². The van der Waals surface area contributed by atoms with E-state index in [1.54, 1.807) is 14.2 Å². The van der Waals surface area contributed by atoms with Crippen molar-refractivity contribution in [3.8, 4) is 0 Å². The summed E-state index contributed by atoms with van der Waals surface area (Å²) in [4.78, 5) is 23.6. The van der Waals surface area contributed by atoms with Crippen molar-refractivity contribution in [1.82, 2.24) is 10.2 Å². The van der Waals surface area contributed by atoms with Crippen LogP contribution in [0.25, 0.3) is 0 Å². The molecule has 0 atom stereocenters. The van der Waals surface area contributed by atoms with Gasteiger partial charge in [0, 0.05) is 47.2 Å². The van der Waals surface area contributed by atoms with Crippen LogP contribution in [0, 0.1) is 0 Å². The number of rotatable bonds is 7. The van der Waals surface area contributed by atoms with Gasteiger partial charge in [-0.15, -0.1) is 0 Å². The summed E-state index contributed by atoms with van der Waals surface area (Å²) < 4.78 is 4.85. The average molecular weight is 216 g/mol. The van der Waals surface area contributed by atoms with E-state index in [1.165, 1.54) is 11.8 Å². The highest BCUT2D eigenvalue weighted by molar-refractivity contribution is 5.77. The maximum atomic E-state index is 11.2. The van der Waals surface area contributed by atoms with Crippen LogP contribution in [0.5, 0.6) is 0 Å². The van der Waals surface area contributed by atoms with E-state index in [-0.39, 0.29) is 11.8 Å². The van der Waals surface area contributed by atoms with Crippen LogP contribution < -0.4 is 5.32 Å². The molecule has 0 aliphatic rings. The molecule has 88 valence electrons. The minimum atomic E-state index is -0.0285. The van der Waals surface area contributed by atoms with Crippen molar-refractivity contribution in [2.24, 2.45) is 0 Å². The molecule has 0 saturated carbocycles. The molecule has 2 amide bonds. The number of nitrogens with zero attached hydrogens (tertiary/aromatic N) is 1. The number of carbonyl (C=O) groups is 2. The zero-order valence-corrected chi connectivity index (χ0v) is 9.71. The van der Waals surface area contributed by atoms with E-state index in [1.807, 2.05) is 0 Å². The van der Waals surface area contributed by atoms with E-state index in [9.17, 15) is 9.59 Å². The molecule has 0 radical (unpaired) electrons. The van der Waals surface area contributed by atoms with Crippen LogP contribution in [0.1, 0.15) is 19.8 Å². The van der Waals surface area contributed by atoms with Crippen LogP contribution in [-0.4, -0.2) is 50.6 Å². The Morgan fingerprint density at radius 3 is 2.60 bits per heavy atom. The van der Waals surface area contributed by atoms with E-state index in [2.05, 4.69) is 5.32 Å². The topological polar surface area (TPSA) is 58.6 Å². The minimum Gasteiger partial charge on any atom is -0.385 e. The Balaban J connectivity index is 3.45. The summed E-state index contributed by atoms with van der Waals surface area (Å²) in [6, 6.07) is 0. The molecule has 0 spiro atoms. The zero-order chi connectivity index (χ0) is 11.7. The summed E-state index contributed by atoms with van der Waals surface area (Å²) >= 11 is 0. The molecule has 0 bridgehead atoms. The lowest BCUT2D eigenvalue weighted by molar-refractivity contribution is -0.128. The molecular formula is C10H20N2O3. The zero-order valence-electron chi connectivity index (χ0n) is 9.71. The SMILES string of the molecule is COCCCNC(=O)CCN(C)C(C)=O. The van der Waals surface area contributed by atoms with Crippen molar-refractivity contribution in [3.05, 3.63) is 0 Å². The Morgan fingerprint density at radius 2 is 2.07 bits per heavy atom. The number of carbonyl (C=O) groups excluding carboxylic acids is 2. The van der Waals surface area contributed by atoms with Gasteiger partial charge in [0.15, 0.2) is 0 Å². The number of hydrogen-bond acceptors (Lipinski definition) is 3. The highest BCUT2D eigenvalue weighted by atomic mass is 16.5. The smallest absolute Gasteiger partial charge is 0.221 e. The first-order chi connectivity index (χ1) is 7.07. The molecule has 0 fully saturated rings. The number of amides is 2. The molecule has 0 aromatic rings. The Morgan fingerprint density at radius 1 is 1.40 bits per heavy atom. The number of hydrogen-bond donors (Lipinski definition) is 1. The van der Waals surface area contributed by atoms with Crippen molar-refractivity contribution in [2.75, 3.05) is 33.9 Å². The average Bonchev–Trinajstić information content (AvgIpc) is 2.20. The van der Waals surface area contributed by atoms with Crippen LogP contribution in [-0.2, 0) is 14.3 Å². The molecule has 5 heteroatoms. The monoisotopic (exact) mass is 216 g/mol. The summed E-state index contributed by atoms with van der Waals surface area (Å²) in [7, 11) is 3.31.